The molecule has 0 saturated heterocycles. The third-order valence-electron chi connectivity index (χ3n) is 9.54. The van der Waals surface area contributed by atoms with Gasteiger partial charge in [0.1, 0.15) is 11.5 Å². The molecule has 0 amide bonds. The Morgan fingerprint density at radius 3 is 1.30 bits per heavy atom. The van der Waals surface area contributed by atoms with Crippen molar-refractivity contribution >= 4 is 0 Å². The number of aliphatic hydroxyl groups excluding tert-OH is 1. The van der Waals surface area contributed by atoms with Gasteiger partial charge in [0.15, 0.2) is 6.29 Å². The van der Waals surface area contributed by atoms with Crippen LogP contribution in [0.2, 0.25) is 0 Å². The van der Waals surface area contributed by atoms with Gasteiger partial charge in [0.2, 0.25) is 0 Å². The largest absolute Gasteiger partial charge is 0.496 e. The maximum absolute atomic E-state index is 9.56. The van der Waals surface area contributed by atoms with Gasteiger partial charge in [-0.2, -0.15) is 0 Å². The van der Waals surface area contributed by atoms with Crippen LogP contribution in [0.25, 0.3) is 0 Å². The van der Waals surface area contributed by atoms with Crippen LogP contribution in [0.1, 0.15) is 212 Å². The van der Waals surface area contributed by atoms with E-state index in [2.05, 4.69) is 13.8 Å². The molecular weight excluding hydrogens is 568 g/mol. The molecule has 1 aromatic carbocycles. The standard InChI is InChI=1S/C42H78O4/c1-4-6-8-10-12-14-15-16-17-18-19-20-21-22-23-24-26-28-30-32-36-45-42(33-31-29-27-25-13-11-9-7-5-2)46-40-35-34-39(38-43)41(37-40)44-3/h34-35,37,42-43H,4-33,36,38H2,1-3H3. The molecule has 4 heteroatoms. The fourth-order valence-corrected chi connectivity index (χ4v) is 6.45. The number of benzene rings is 1. The van der Waals surface area contributed by atoms with Crippen LogP contribution in [0.3, 0.4) is 0 Å². The Morgan fingerprint density at radius 1 is 0.522 bits per heavy atom. The fourth-order valence-electron chi connectivity index (χ4n) is 6.45. The van der Waals surface area contributed by atoms with Crippen LogP contribution in [0.4, 0.5) is 0 Å². The van der Waals surface area contributed by atoms with Crippen LogP contribution in [0.5, 0.6) is 11.5 Å². The lowest BCUT2D eigenvalue weighted by Gasteiger charge is -2.20. The summed E-state index contributed by atoms with van der Waals surface area (Å²) in [6.45, 7) is 5.29. The molecule has 0 aliphatic heterocycles. The molecule has 1 rings (SSSR count). The average molecular weight is 647 g/mol. The predicted molar refractivity (Wildman–Crippen MR) is 199 cm³/mol. The molecule has 1 atom stereocenters. The summed E-state index contributed by atoms with van der Waals surface area (Å²) in [5.41, 5.74) is 0.774. The lowest BCUT2D eigenvalue weighted by atomic mass is 10.0. The Kier molecular flexibility index (Phi) is 31.3. The molecule has 0 aliphatic rings. The van der Waals surface area contributed by atoms with Crippen LogP contribution < -0.4 is 9.47 Å². The summed E-state index contributed by atoms with van der Waals surface area (Å²) in [5, 5.41) is 9.56. The molecule has 0 fully saturated rings. The second kappa shape index (κ2) is 33.6. The first kappa shape index (κ1) is 42.8. The summed E-state index contributed by atoms with van der Waals surface area (Å²) < 4.78 is 18.0. The van der Waals surface area contributed by atoms with E-state index in [1.807, 2.05) is 18.2 Å². The molecule has 4 nitrogen and oxygen atoms in total. The number of unbranched alkanes of at least 4 members (excludes halogenated alkanes) is 27. The Balaban J connectivity index is 2.10. The molecule has 1 N–H and O–H groups in total. The van der Waals surface area contributed by atoms with Gasteiger partial charge in [-0.3, -0.25) is 0 Å². The van der Waals surface area contributed by atoms with Gasteiger partial charge in [0, 0.05) is 18.1 Å². The highest BCUT2D eigenvalue weighted by Gasteiger charge is 2.13. The summed E-state index contributed by atoms with van der Waals surface area (Å²) in [5.74, 6) is 1.41. The van der Waals surface area contributed by atoms with E-state index >= 15 is 0 Å². The first-order chi connectivity index (χ1) is 22.7. The molecular formula is C42H78O4. The summed E-state index contributed by atoms with van der Waals surface area (Å²) in [6, 6.07) is 5.66. The van der Waals surface area contributed by atoms with Crippen LogP contribution in [0, 0.1) is 0 Å². The van der Waals surface area contributed by atoms with Crippen LogP contribution in [-0.2, 0) is 11.3 Å². The van der Waals surface area contributed by atoms with Crippen LogP contribution in [-0.4, -0.2) is 25.1 Å². The summed E-state index contributed by atoms with van der Waals surface area (Å²) in [6.07, 6.45) is 40.5. The Hall–Kier alpha value is -1.26. The molecule has 0 aliphatic carbocycles. The SMILES string of the molecule is CCCCCCCCCCCCCCCCCCCCCCOC(CCCCCCCCCCC)Oc1ccc(CO)c(OC)c1. The minimum absolute atomic E-state index is 0.0404. The second-order valence-corrected chi connectivity index (χ2v) is 13.9. The first-order valence-corrected chi connectivity index (χ1v) is 20.3. The van der Waals surface area contributed by atoms with Crippen molar-refractivity contribution in [2.45, 2.75) is 219 Å². The van der Waals surface area contributed by atoms with Gasteiger partial charge in [0.05, 0.1) is 20.3 Å². The van der Waals surface area contributed by atoms with Crippen molar-refractivity contribution in [1.82, 2.24) is 0 Å². The van der Waals surface area contributed by atoms with E-state index < -0.39 is 0 Å². The van der Waals surface area contributed by atoms with Gasteiger partial charge in [-0.15, -0.1) is 0 Å². The lowest BCUT2D eigenvalue weighted by Crippen LogP contribution is -2.21. The summed E-state index contributed by atoms with van der Waals surface area (Å²) in [7, 11) is 1.63. The zero-order valence-corrected chi connectivity index (χ0v) is 31.1. The van der Waals surface area contributed by atoms with E-state index in [0.29, 0.717) is 5.75 Å². The molecule has 0 radical (unpaired) electrons. The number of aliphatic hydroxyl groups is 1. The lowest BCUT2D eigenvalue weighted by molar-refractivity contribution is -0.0866. The zero-order chi connectivity index (χ0) is 33.2. The van der Waals surface area contributed by atoms with Crippen LogP contribution >= 0.6 is 0 Å². The van der Waals surface area contributed by atoms with E-state index in [-0.39, 0.29) is 12.9 Å². The predicted octanol–water partition coefficient (Wildman–Crippen LogP) is 13.7. The van der Waals surface area contributed by atoms with Crippen molar-refractivity contribution in [3.05, 3.63) is 23.8 Å². The molecule has 0 spiro atoms. The molecule has 270 valence electrons. The maximum Gasteiger partial charge on any atom is 0.199 e. The highest BCUT2D eigenvalue weighted by Crippen LogP contribution is 2.27. The third kappa shape index (κ3) is 25.8. The van der Waals surface area contributed by atoms with Gasteiger partial charge >= 0.3 is 0 Å². The van der Waals surface area contributed by atoms with Crippen molar-refractivity contribution < 1.29 is 19.3 Å². The van der Waals surface area contributed by atoms with E-state index in [4.69, 9.17) is 14.2 Å². The zero-order valence-electron chi connectivity index (χ0n) is 31.1. The van der Waals surface area contributed by atoms with Gasteiger partial charge in [0.25, 0.3) is 0 Å². The molecule has 0 saturated carbocycles. The summed E-state index contributed by atoms with van der Waals surface area (Å²) >= 11 is 0. The molecule has 46 heavy (non-hydrogen) atoms. The van der Waals surface area contributed by atoms with Crippen molar-refractivity contribution in [3.8, 4) is 11.5 Å². The van der Waals surface area contributed by atoms with Crippen molar-refractivity contribution in [1.29, 1.82) is 0 Å². The number of hydrogen-bond donors (Lipinski definition) is 1. The normalized spacial score (nSPS) is 12.1. The topological polar surface area (TPSA) is 47.9 Å². The Morgan fingerprint density at radius 2 is 0.913 bits per heavy atom. The van der Waals surface area contributed by atoms with Crippen LogP contribution in [0.15, 0.2) is 18.2 Å². The third-order valence-corrected chi connectivity index (χ3v) is 9.54. The number of ether oxygens (including phenoxy) is 3. The van der Waals surface area contributed by atoms with Gasteiger partial charge < -0.3 is 19.3 Å². The fraction of sp³-hybridized carbons (Fsp3) is 0.857. The van der Waals surface area contributed by atoms with Gasteiger partial charge in [-0.1, -0.05) is 187 Å². The second-order valence-electron chi connectivity index (χ2n) is 13.9. The summed E-state index contributed by atoms with van der Waals surface area (Å²) in [4.78, 5) is 0. The minimum Gasteiger partial charge on any atom is -0.496 e. The van der Waals surface area contributed by atoms with Crippen molar-refractivity contribution in [3.63, 3.8) is 0 Å². The van der Waals surface area contributed by atoms with Crippen molar-refractivity contribution in [2.75, 3.05) is 13.7 Å². The average Bonchev–Trinajstić information content (AvgIpc) is 3.07. The minimum atomic E-state index is -0.227. The quantitative estimate of drug-likeness (QED) is 0.0582. The van der Waals surface area contributed by atoms with E-state index in [9.17, 15) is 5.11 Å². The molecule has 0 heterocycles. The monoisotopic (exact) mass is 647 g/mol. The highest BCUT2D eigenvalue weighted by atomic mass is 16.7. The molecule has 0 aromatic heterocycles. The van der Waals surface area contributed by atoms with Gasteiger partial charge in [-0.05, 0) is 25.0 Å². The smallest absolute Gasteiger partial charge is 0.199 e. The number of methoxy groups -OCH3 is 1. The number of rotatable bonds is 36. The number of hydrogen-bond acceptors (Lipinski definition) is 4. The highest BCUT2D eigenvalue weighted by molar-refractivity contribution is 5.40. The Labute approximate surface area is 287 Å². The van der Waals surface area contributed by atoms with E-state index in [0.717, 1.165) is 37.2 Å². The Bertz CT molecular complexity index is 751. The first-order valence-electron chi connectivity index (χ1n) is 20.3. The maximum atomic E-state index is 9.56. The van der Waals surface area contributed by atoms with Gasteiger partial charge in [-0.25, -0.2) is 0 Å². The molecule has 1 aromatic rings. The van der Waals surface area contributed by atoms with Crippen molar-refractivity contribution in [2.24, 2.45) is 0 Å². The molecule has 0 bridgehead atoms. The molecule has 1 unspecified atom stereocenters. The van der Waals surface area contributed by atoms with E-state index in [1.54, 1.807) is 7.11 Å². The van der Waals surface area contributed by atoms with E-state index in [1.165, 1.54) is 173 Å².